The number of imidazole rings is 1. The zero-order valence-corrected chi connectivity index (χ0v) is 12.2. The molecule has 1 aliphatic carbocycles. The summed E-state index contributed by atoms with van der Waals surface area (Å²) in [7, 11) is 4.27. The van der Waals surface area contributed by atoms with Crippen LogP contribution in [0, 0.1) is 5.92 Å². The van der Waals surface area contributed by atoms with Crippen LogP contribution in [0.2, 0.25) is 0 Å². The van der Waals surface area contributed by atoms with Crippen molar-refractivity contribution in [2.45, 2.75) is 50.7 Å². The summed E-state index contributed by atoms with van der Waals surface area (Å²) in [5.41, 5.74) is 0. The van der Waals surface area contributed by atoms with E-state index in [4.69, 9.17) is 0 Å². The molecule has 1 aromatic heterocycles. The van der Waals surface area contributed by atoms with Crippen LogP contribution in [0.5, 0.6) is 0 Å². The second-order valence-corrected chi connectivity index (χ2v) is 6.40. The minimum absolute atomic E-state index is 0.679. The molecule has 3 atom stereocenters. The van der Waals surface area contributed by atoms with Crippen LogP contribution < -0.4 is 5.32 Å². The van der Waals surface area contributed by atoms with Crippen LogP contribution in [0.15, 0.2) is 12.4 Å². The van der Waals surface area contributed by atoms with Gasteiger partial charge in [0.1, 0.15) is 5.82 Å². The lowest BCUT2D eigenvalue weighted by atomic mass is 9.85. The molecule has 0 amide bonds. The minimum Gasteiger partial charge on any atom is -0.337 e. The van der Waals surface area contributed by atoms with E-state index in [2.05, 4.69) is 33.9 Å². The van der Waals surface area contributed by atoms with E-state index in [1.165, 1.54) is 32.1 Å². The highest BCUT2D eigenvalue weighted by Crippen LogP contribution is 2.33. The summed E-state index contributed by atoms with van der Waals surface area (Å²) in [4.78, 5) is 6.80. The Morgan fingerprint density at radius 2 is 2.26 bits per heavy atom. The standard InChI is InChI=1S/C15H26N4/c1-18(11-15-16-7-8-19(15)2)10-13-9-12-5-3-4-6-14(12)17-13/h7-8,12-14,17H,3-6,9-11H2,1-2H3. The van der Waals surface area contributed by atoms with Crippen LogP contribution in [0.1, 0.15) is 37.9 Å². The van der Waals surface area contributed by atoms with Gasteiger partial charge in [-0.3, -0.25) is 4.90 Å². The van der Waals surface area contributed by atoms with Gasteiger partial charge in [0.05, 0.1) is 6.54 Å². The molecular weight excluding hydrogens is 236 g/mol. The van der Waals surface area contributed by atoms with Crippen molar-refractivity contribution in [2.75, 3.05) is 13.6 Å². The van der Waals surface area contributed by atoms with Gasteiger partial charge < -0.3 is 9.88 Å². The van der Waals surface area contributed by atoms with E-state index in [-0.39, 0.29) is 0 Å². The van der Waals surface area contributed by atoms with Crippen molar-refractivity contribution in [3.8, 4) is 0 Å². The molecule has 0 bridgehead atoms. The van der Waals surface area contributed by atoms with Gasteiger partial charge in [-0.1, -0.05) is 12.8 Å². The molecule has 2 fully saturated rings. The molecular formula is C15H26N4. The largest absolute Gasteiger partial charge is 0.337 e. The third kappa shape index (κ3) is 3.00. The fourth-order valence-electron chi connectivity index (χ4n) is 3.80. The van der Waals surface area contributed by atoms with Crippen molar-refractivity contribution < 1.29 is 0 Å². The molecule has 4 heteroatoms. The summed E-state index contributed by atoms with van der Waals surface area (Å²) in [6.45, 7) is 2.08. The molecule has 1 N–H and O–H groups in total. The predicted octanol–water partition coefficient (Wildman–Crippen LogP) is 1.77. The maximum atomic E-state index is 4.40. The number of nitrogens with one attached hydrogen (secondary N) is 1. The van der Waals surface area contributed by atoms with E-state index in [0.717, 1.165) is 30.9 Å². The Balaban J connectivity index is 1.50. The number of rotatable bonds is 4. The zero-order chi connectivity index (χ0) is 13.2. The first-order valence-electron chi connectivity index (χ1n) is 7.63. The molecule has 0 aromatic carbocycles. The van der Waals surface area contributed by atoms with Crippen LogP contribution in [-0.4, -0.2) is 40.1 Å². The monoisotopic (exact) mass is 262 g/mol. The normalized spacial score (nSPS) is 30.8. The van der Waals surface area contributed by atoms with Crippen LogP contribution in [0.4, 0.5) is 0 Å². The Morgan fingerprint density at radius 1 is 1.42 bits per heavy atom. The van der Waals surface area contributed by atoms with Gasteiger partial charge in [-0.15, -0.1) is 0 Å². The lowest BCUT2D eigenvalue weighted by Crippen LogP contribution is -2.39. The SMILES string of the molecule is CN(Cc1nccn1C)CC1CC2CCCCC2N1. The number of aromatic nitrogens is 2. The van der Waals surface area contributed by atoms with Gasteiger partial charge in [-0.05, 0) is 32.2 Å². The molecule has 2 aliphatic rings. The van der Waals surface area contributed by atoms with E-state index in [9.17, 15) is 0 Å². The zero-order valence-electron chi connectivity index (χ0n) is 12.2. The molecule has 3 unspecified atom stereocenters. The summed E-state index contributed by atoms with van der Waals surface area (Å²) in [5, 5.41) is 3.85. The maximum absolute atomic E-state index is 4.40. The molecule has 1 aromatic rings. The quantitative estimate of drug-likeness (QED) is 0.898. The third-order valence-corrected chi connectivity index (χ3v) is 4.81. The Bertz CT molecular complexity index is 400. The molecule has 2 heterocycles. The first kappa shape index (κ1) is 13.1. The van der Waals surface area contributed by atoms with Crippen LogP contribution in [0.25, 0.3) is 0 Å². The Kier molecular flexibility index (Phi) is 3.89. The number of fused-ring (bicyclic) bond motifs is 1. The first-order valence-corrected chi connectivity index (χ1v) is 7.63. The first-order chi connectivity index (χ1) is 9.22. The maximum Gasteiger partial charge on any atom is 0.122 e. The minimum atomic E-state index is 0.679. The molecule has 0 spiro atoms. The predicted molar refractivity (Wildman–Crippen MR) is 76.8 cm³/mol. The fourth-order valence-corrected chi connectivity index (χ4v) is 3.80. The second-order valence-electron chi connectivity index (χ2n) is 6.40. The Hall–Kier alpha value is -0.870. The van der Waals surface area contributed by atoms with Gasteiger partial charge in [0.2, 0.25) is 0 Å². The molecule has 4 nitrogen and oxygen atoms in total. The highest BCUT2D eigenvalue weighted by atomic mass is 15.2. The van der Waals surface area contributed by atoms with Crippen molar-refractivity contribution in [3.05, 3.63) is 18.2 Å². The average molecular weight is 262 g/mol. The van der Waals surface area contributed by atoms with Crippen molar-refractivity contribution in [1.82, 2.24) is 19.8 Å². The molecule has 1 saturated heterocycles. The average Bonchev–Trinajstić information content (AvgIpc) is 2.95. The van der Waals surface area contributed by atoms with Gasteiger partial charge in [-0.25, -0.2) is 4.98 Å². The fraction of sp³-hybridized carbons (Fsp3) is 0.800. The highest BCUT2D eigenvalue weighted by Gasteiger charge is 2.35. The van der Waals surface area contributed by atoms with Gasteiger partial charge in [0, 0.05) is 38.1 Å². The summed E-state index contributed by atoms with van der Waals surface area (Å²) in [6, 6.07) is 1.48. The van der Waals surface area contributed by atoms with Gasteiger partial charge in [0.25, 0.3) is 0 Å². The summed E-state index contributed by atoms with van der Waals surface area (Å²) < 4.78 is 2.11. The molecule has 0 radical (unpaired) electrons. The lowest BCUT2D eigenvalue weighted by molar-refractivity contribution is 0.280. The smallest absolute Gasteiger partial charge is 0.122 e. The van der Waals surface area contributed by atoms with Gasteiger partial charge in [0.15, 0.2) is 0 Å². The molecule has 106 valence electrons. The van der Waals surface area contributed by atoms with Crippen LogP contribution in [0.3, 0.4) is 0 Å². The van der Waals surface area contributed by atoms with Crippen molar-refractivity contribution in [1.29, 1.82) is 0 Å². The Morgan fingerprint density at radius 3 is 3.00 bits per heavy atom. The van der Waals surface area contributed by atoms with Crippen LogP contribution >= 0.6 is 0 Å². The number of aryl methyl sites for hydroxylation is 1. The lowest BCUT2D eigenvalue weighted by Gasteiger charge is -2.24. The van der Waals surface area contributed by atoms with Crippen molar-refractivity contribution >= 4 is 0 Å². The third-order valence-electron chi connectivity index (χ3n) is 4.81. The van der Waals surface area contributed by atoms with E-state index in [1.54, 1.807) is 0 Å². The summed E-state index contributed by atoms with van der Waals surface area (Å²) in [5.74, 6) is 2.10. The Labute approximate surface area is 116 Å². The number of nitrogens with zero attached hydrogens (tertiary/aromatic N) is 3. The summed E-state index contributed by atoms with van der Waals surface area (Å²) >= 11 is 0. The van der Waals surface area contributed by atoms with Gasteiger partial charge >= 0.3 is 0 Å². The highest BCUT2D eigenvalue weighted by molar-refractivity contribution is 4.95. The van der Waals surface area contributed by atoms with Crippen molar-refractivity contribution in [2.24, 2.45) is 13.0 Å². The summed E-state index contributed by atoms with van der Waals surface area (Å²) in [6.07, 6.45) is 11.0. The number of likely N-dealkylation sites (N-methyl/N-ethyl adjacent to an activating group) is 1. The molecule has 1 saturated carbocycles. The van der Waals surface area contributed by atoms with E-state index in [1.807, 2.05) is 12.4 Å². The molecule has 19 heavy (non-hydrogen) atoms. The van der Waals surface area contributed by atoms with E-state index >= 15 is 0 Å². The van der Waals surface area contributed by atoms with E-state index < -0.39 is 0 Å². The van der Waals surface area contributed by atoms with Crippen molar-refractivity contribution in [3.63, 3.8) is 0 Å². The molecule has 1 aliphatic heterocycles. The van der Waals surface area contributed by atoms with Crippen LogP contribution in [-0.2, 0) is 13.6 Å². The number of hydrogen-bond donors (Lipinski definition) is 1. The van der Waals surface area contributed by atoms with E-state index in [0.29, 0.717) is 6.04 Å². The topological polar surface area (TPSA) is 33.1 Å². The number of hydrogen-bond acceptors (Lipinski definition) is 3. The second kappa shape index (κ2) is 5.63. The van der Waals surface area contributed by atoms with Gasteiger partial charge in [-0.2, -0.15) is 0 Å². The molecule has 3 rings (SSSR count).